The number of amides is 3. The van der Waals surface area contributed by atoms with Gasteiger partial charge in [-0.25, -0.2) is 0 Å². The van der Waals surface area contributed by atoms with Crippen molar-refractivity contribution in [1.82, 2.24) is 10.2 Å². The first kappa shape index (κ1) is 17.7. The third kappa shape index (κ3) is 3.12. The van der Waals surface area contributed by atoms with E-state index in [2.05, 4.69) is 34.1 Å². The van der Waals surface area contributed by atoms with Crippen molar-refractivity contribution in [2.24, 2.45) is 0 Å². The van der Waals surface area contributed by atoms with Gasteiger partial charge < -0.3 is 15.5 Å². The molecule has 3 heterocycles. The van der Waals surface area contributed by atoms with E-state index in [1.807, 2.05) is 18.2 Å². The van der Waals surface area contributed by atoms with Crippen molar-refractivity contribution in [2.75, 3.05) is 17.2 Å². The first-order valence-electron chi connectivity index (χ1n) is 9.96. The monoisotopic (exact) mass is 390 g/mol. The standard InChI is InChI=1S/C22H22N4O3/c27-19-7-6-18(21(28)25-19)26-12-15-10-13(4-5-16(15)22(26)29)11-24-17-3-1-2-14-8-9-23-20(14)17/h1-5,10,18,23-24H,6-9,11-12H2,(H,25,27,28). The third-order valence-electron chi connectivity index (χ3n) is 5.92. The second-order valence-electron chi connectivity index (χ2n) is 7.76. The number of imide groups is 1. The van der Waals surface area contributed by atoms with E-state index >= 15 is 0 Å². The molecule has 0 aromatic heterocycles. The van der Waals surface area contributed by atoms with Crippen molar-refractivity contribution in [2.45, 2.75) is 38.4 Å². The zero-order valence-corrected chi connectivity index (χ0v) is 16.0. The molecule has 2 aromatic rings. The van der Waals surface area contributed by atoms with Gasteiger partial charge in [0.25, 0.3) is 5.91 Å². The number of fused-ring (bicyclic) bond motifs is 2. The molecule has 1 fully saturated rings. The maximum atomic E-state index is 12.8. The van der Waals surface area contributed by atoms with Crippen LogP contribution in [-0.2, 0) is 29.1 Å². The first-order chi connectivity index (χ1) is 14.1. The minimum Gasteiger partial charge on any atom is -0.383 e. The summed E-state index contributed by atoms with van der Waals surface area (Å²) in [5, 5.41) is 9.25. The fourth-order valence-electron chi connectivity index (χ4n) is 4.42. The van der Waals surface area contributed by atoms with E-state index in [1.54, 1.807) is 4.90 Å². The number of nitrogens with one attached hydrogen (secondary N) is 3. The molecular formula is C22H22N4O3. The summed E-state index contributed by atoms with van der Waals surface area (Å²) in [5.41, 5.74) is 6.23. The SMILES string of the molecule is O=C1CCC(N2Cc3cc(CNc4cccc5c4NCC5)ccc3C2=O)C(=O)N1. The normalized spacial score (nSPS) is 20.2. The number of piperidine rings is 1. The van der Waals surface area contributed by atoms with Gasteiger partial charge in [0.15, 0.2) is 0 Å². The lowest BCUT2D eigenvalue weighted by molar-refractivity contribution is -0.136. The minimum absolute atomic E-state index is 0.140. The average molecular weight is 390 g/mol. The highest BCUT2D eigenvalue weighted by Crippen LogP contribution is 2.32. The molecule has 1 atom stereocenters. The van der Waals surface area contributed by atoms with E-state index in [4.69, 9.17) is 0 Å². The molecule has 3 aliphatic heterocycles. The van der Waals surface area contributed by atoms with Crippen LogP contribution in [0.25, 0.3) is 0 Å². The predicted molar refractivity (Wildman–Crippen MR) is 108 cm³/mol. The van der Waals surface area contributed by atoms with E-state index in [0.29, 0.717) is 25.1 Å². The largest absolute Gasteiger partial charge is 0.383 e. The van der Waals surface area contributed by atoms with Crippen molar-refractivity contribution in [3.63, 3.8) is 0 Å². The van der Waals surface area contributed by atoms with Crippen LogP contribution in [0.4, 0.5) is 11.4 Å². The van der Waals surface area contributed by atoms with Gasteiger partial charge in [0.2, 0.25) is 11.8 Å². The zero-order chi connectivity index (χ0) is 20.0. The van der Waals surface area contributed by atoms with Gasteiger partial charge in [0.1, 0.15) is 6.04 Å². The Morgan fingerprint density at radius 2 is 1.97 bits per heavy atom. The van der Waals surface area contributed by atoms with E-state index in [-0.39, 0.29) is 24.1 Å². The van der Waals surface area contributed by atoms with Gasteiger partial charge in [0.05, 0.1) is 11.4 Å². The average Bonchev–Trinajstić information content (AvgIpc) is 3.31. The summed E-state index contributed by atoms with van der Waals surface area (Å²) in [6, 6.07) is 11.5. The van der Waals surface area contributed by atoms with E-state index in [9.17, 15) is 14.4 Å². The molecule has 148 valence electrons. The van der Waals surface area contributed by atoms with Crippen LogP contribution in [0.1, 0.15) is 39.9 Å². The van der Waals surface area contributed by atoms with Gasteiger partial charge >= 0.3 is 0 Å². The van der Waals surface area contributed by atoms with Crippen molar-refractivity contribution in [1.29, 1.82) is 0 Å². The maximum Gasteiger partial charge on any atom is 0.255 e. The smallest absolute Gasteiger partial charge is 0.255 e. The molecule has 1 saturated heterocycles. The fraction of sp³-hybridized carbons (Fsp3) is 0.318. The Hall–Kier alpha value is -3.35. The van der Waals surface area contributed by atoms with Crippen LogP contribution in [-0.4, -0.2) is 35.2 Å². The number of nitrogens with zero attached hydrogens (tertiary/aromatic N) is 1. The van der Waals surface area contributed by atoms with Gasteiger partial charge in [-0.1, -0.05) is 24.3 Å². The van der Waals surface area contributed by atoms with Crippen molar-refractivity contribution >= 4 is 29.1 Å². The molecule has 3 amide bonds. The molecule has 0 bridgehead atoms. The Balaban J connectivity index is 1.31. The summed E-state index contributed by atoms with van der Waals surface area (Å²) in [5.74, 6) is -0.792. The van der Waals surface area contributed by atoms with E-state index < -0.39 is 6.04 Å². The van der Waals surface area contributed by atoms with Gasteiger partial charge in [-0.2, -0.15) is 0 Å². The van der Waals surface area contributed by atoms with E-state index in [0.717, 1.165) is 29.8 Å². The second-order valence-corrected chi connectivity index (χ2v) is 7.76. The Labute approximate surface area is 168 Å². The van der Waals surface area contributed by atoms with Crippen LogP contribution in [0.15, 0.2) is 36.4 Å². The number of benzene rings is 2. The van der Waals surface area contributed by atoms with Gasteiger partial charge in [0, 0.05) is 31.6 Å². The maximum absolute atomic E-state index is 12.8. The molecule has 3 N–H and O–H groups in total. The number of rotatable bonds is 4. The Morgan fingerprint density at radius 3 is 2.83 bits per heavy atom. The Morgan fingerprint density at radius 1 is 1.07 bits per heavy atom. The minimum atomic E-state index is -0.577. The molecule has 29 heavy (non-hydrogen) atoms. The molecule has 0 saturated carbocycles. The molecule has 0 aliphatic carbocycles. The number of hydrogen-bond donors (Lipinski definition) is 3. The van der Waals surface area contributed by atoms with Crippen molar-refractivity contribution in [3.05, 3.63) is 58.7 Å². The molecule has 5 rings (SSSR count). The van der Waals surface area contributed by atoms with Crippen LogP contribution in [0.2, 0.25) is 0 Å². The molecule has 7 heteroatoms. The molecule has 0 spiro atoms. The summed E-state index contributed by atoms with van der Waals surface area (Å²) < 4.78 is 0. The van der Waals surface area contributed by atoms with Crippen LogP contribution in [0.5, 0.6) is 0 Å². The lowest BCUT2D eigenvalue weighted by Crippen LogP contribution is -2.52. The highest BCUT2D eigenvalue weighted by molar-refractivity contribution is 6.05. The molecular weight excluding hydrogens is 368 g/mol. The number of hydrogen-bond acceptors (Lipinski definition) is 5. The lowest BCUT2D eigenvalue weighted by Gasteiger charge is -2.29. The van der Waals surface area contributed by atoms with Crippen LogP contribution in [0, 0.1) is 0 Å². The fourth-order valence-corrected chi connectivity index (χ4v) is 4.42. The highest BCUT2D eigenvalue weighted by Gasteiger charge is 2.39. The topological polar surface area (TPSA) is 90.5 Å². The first-order valence-corrected chi connectivity index (χ1v) is 9.96. The number of carbonyl (C=O) groups excluding carboxylic acids is 3. The van der Waals surface area contributed by atoms with Gasteiger partial charge in [-0.3, -0.25) is 19.7 Å². The number of anilines is 2. The summed E-state index contributed by atoms with van der Waals surface area (Å²) in [6.07, 6.45) is 1.69. The summed E-state index contributed by atoms with van der Waals surface area (Å²) >= 11 is 0. The van der Waals surface area contributed by atoms with Crippen LogP contribution >= 0.6 is 0 Å². The molecule has 0 radical (unpaired) electrons. The predicted octanol–water partition coefficient (Wildman–Crippen LogP) is 2.03. The van der Waals surface area contributed by atoms with Crippen LogP contribution in [0.3, 0.4) is 0 Å². The summed E-state index contributed by atoms with van der Waals surface area (Å²) in [4.78, 5) is 37.9. The second kappa shape index (κ2) is 6.92. The third-order valence-corrected chi connectivity index (χ3v) is 5.92. The number of carbonyl (C=O) groups is 3. The lowest BCUT2D eigenvalue weighted by atomic mass is 10.0. The van der Waals surface area contributed by atoms with Crippen molar-refractivity contribution in [3.8, 4) is 0 Å². The van der Waals surface area contributed by atoms with Crippen LogP contribution < -0.4 is 16.0 Å². The summed E-state index contributed by atoms with van der Waals surface area (Å²) in [6.45, 7) is 2.01. The highest BCUT2D eigenvalue weighted by atomic mass is 16.2. The molecule has 3 aliphatic rings. The Bertz CT molecular complexity index is 1030. The molecule has 2 aromatic carbocycles. The van der Waals surface area contributed by atoms with E-state index in [1.165, 1.54) is 11.3 Å². The molecule has 1 unspecified atom stereocenters. The molecule has 7 nitrogen and oxygen atoms in total. The Kier molecular flexibility index (Phi) is 4.23. The number of para-hydroxylation sites is 1. The quantitative estimate of drug-likeness (QED) is 0.695. The van der Waals surface area contributed by atoms with Crippen molar-refractivity contribution < 1.29 is 14.4 Å². The van der Waals surface area contributed by atoms with Gasteiger partial charge in [-0.05, 0) is 41.7 Å². The summed E-state index contributed by atoms with van der Waals surface area (Å²) in [7, 11) is 0. The van der Waals surface area contributed by atoms with Gasteiger partial charge in [-0.15, -0.1) is 0 Å². The zero-order valence-electron chi connectivity index (χ0n) is 16.0.